The number of carbonyl (C=O) groups is 4. The van der Waals surface area contributed by atoms with Gasteiger partial charge >= 0.3 is 12.1 Å². The number of hydrogen-bond acceptors (Lipinski definition) is 6. The summed E-state index contributed by atoms with van der Waals surface area (Å²) in [5, 5.41) is 4.79. The van der Waals surface area contributed by atoms with E-state index in [1.54, 1.807) is 18.2 Å². The van der Waals surface area contributed by atoms with Crippen LogP contribution in [0.3, 0.4) is 0 Å². The third kappa shape index (κ3) is 7.66. The first kappa shape index (κ1) is 26.9. The fourth-order valence-corrected chi connectivity index (χ4v) is 3.17. The minimum absolute atomic E-state index is 0.0333. The Morgan fingerprint density at radius 1 is 0.784 bits per heavy atom. The summed E-state index contributed by atoms with van der Waals surface area (Å²) in [5.74, 6) is -2.64. The predicted molar refractivity (Wildman–Crippen MR) is 127 cm³/mol. The van der Waals surface area contributed by atoms with Crippen LogP contribution in [-0.4, -0.2) is 36.8 Å². The number of ketones is 1. The summed E-state index contributed by atoms with van der Waals surface area (Å²) in [6.07, 6.45) is -4.57. The van der Waals surface area contributed by atoms with Crippen LogP contribution < -0.4 is 15.4 Å². The molecule has 0 atom stereocenters. The number of halogens is 3. The van der Waals surface area contributed by atoms with Crippen molar-refractivity contribution in [1.29, 1.82) is 0 Å². The second-order valence-electron chi connectivity index (χ2n) is 7.64. The Morgan fingerprint density at radius 2 is 1.43 bits per heavy atom. The molecule has 0 saturated carbocycles. The van der Waals surface area contributed by atoms with Crippen molar-refractivity contribution in [2.75, 3.05) is 23.8 Å². The molecule has 0 saturated heterocycles. The zero-order chi connectivity index (χ0) is 27.0. The van der Waals surface area contributed by atoms with E-state index < -0.39 is 42.7 Å². The van der Waals surface area contributed by atoms with Crippen LogP contribution in [0.1, 0.15) is 33.2 Å². The molecule has 3 aromatic carbocycles. The van der Waals surface area contributed by atoms with Crippen molar-refractivity contribution in [3.05, 3.63) is 89.5 Å². The molecule has 0 heterocycles. The highest BCUT2D eigenvalue weighted by Gasteiger charge is 2.30. The number of benzene rings is 3. The lowest BCUT2D eigenvalue weighted by Gasteiger charge is -2.13. The Kier molecular flexibility index (Phi) is 8.62. The zero-order valence-electron chi connectivity index (χ0n) is 19.4. The molecule has 2 amide bonds. The zero-order valence-corrected chi connectivity index (χ0v) is 19.4. The highest BCUT2D eigenvalue weighted by molar-refractivity contribution is 6.04. The van der Waals surface area contributed by atoms with E-state index in [2.05, 4.69) is 10.6 Å². The molecule has 0 aliphatic heterocycles. The van der Waals surface area contributed by atoms with Crippen molar-refractivity contribution in [1.82, 2.24) is 0 Å². The SMILES string of the molecule is CC(=O)c1ccccc1NC(=O)COC(=O)c1ccccc1OCC(=O)Nc1cccc(C(F)(F)F)c1. The number of amides is 2. The van der Waals surface area contributed by atoms with E-state index in [0.29, 0.717) is 5.56 Å². The fraction of sp³-hybridized carbons (Fsp3) is 0.154. The molecule has 192 valence electrons. The van der Waals surface area contributed by atoms with Crippen LogP contribution in [0, 0.1) is 0 Å². The van der Waals surface area contributed by atoms with Gasteiger partial charge in [-0.15, -0.1) is 0 Å². The summed E-state index contributed by atoms with van der Waals surface area (Å²) >= 11 is 0. The molecule has 0 unspecified atom stereocenters. The highest BCUT2D eigenvalue weighted by Crippen LogP contribution is 2.30. The quantitative estimate of drug-likeness (QED) is 0.316. The Balaban J connectivity index is 1.57. The van der Waals surface area contributed by atoms with Gasteiger partial charge < -0.3 is 20.1 Å². The van der Waals surface area contributed by atoms with Crippen molar-refractivity contribution in [3.63, 3.8) is 0 Å². The van der Waals surface area contributed by atoms with Gasteiger partial charge in [-0.1, -0.05) is 30.3 Å². The van der Waals surface area contributed by atoms with E-state index in [1.807, 2.05) is 0 Å². The Morgan fingerprint density at radius 3 is 2.14 bits per heavy atom. The summed E-state index contributed by atoms with van der Waals surface area (Å²) in [6, 6.07) is 16.2. The molecule has 8 nitrogen and oxygen atoms in total. The molecule has 2 N–H and O–H groups in total. The van der Waals surface area contributed by atoms with E-state index in [1.165, 1.54) is 43.3 Å². The van der Waals surface area contributed by atoms with E-state index in [-0.39, 0.29) is 28.5 Å². The van der Waals surface area contributed by atoms with Crippen molar-refractivity contribution in [2.24, 2.45) is 0 Å². The van der Waals surface area contributed by atoms with Gasteiger partial charge in [0, 0.05) is 11.3 Å². The maximum atomic E-state index is 12.8. The number of nitrogens with one attached hydrogen (secondary N) is 2. The van der Waals surface area contributed by atoms with Crippen LogP contribution >= 0.6 is 0 Å². The van der Waals surface area contributed by atoms with Crippen LogP contribution in [0.25, 0.3) is 0 Å². The molecule has 0 aliphatic carbocycles. The molecule has 3 aromatic rings. The fourth-order valence-electron chi connectivity index (χ4n) is 3.17. The number of hydrogen-bond donors (Lipinski definition) is 2. The van der Waals surface area contributed by atoms with Gasteiger partial charge in [-0.25, -0.2) is 4.79 Å². The van der Waals surface area contributed by atoms with Crippen molar-refractivity contribution in [2.45, 2.75) is 13.1 Å². The second kappa shape index (κ2) is 11.8. The normalized spacial score (nSPS) is 10.8. The molecule has 37 heavy (non-hydrogen) atoms. The first-order valence-electron chi connectivity index (χ1n) is 10.8. The summed E-state index contributed by atoms with van der Waals surface area (Å²) in [4.78, 5) is 48.6. The highest BCUT2D eigenvalue weighted by atomic mass is 19.4. The third-order valence-corrected chi connectivity index (χ3v) is 4.85. The maximum absolute atomic E-state index is 12.8. The molecule has 0 bridgehead atoms. The molecule has 0 aromatic heterocycles. The topological polar surface area (TPSA) is 111 Å². The maximum Gasteiger partial charge on any atom is 0.416 e. The smallest absolute Gasteiger partial charge is 0.416 e. The largest absolute Gasteiger partial charge is 0.483 e. The van der Waals surface area contributed by atoms with Gasteiger partial charge in [-0.3, -0.25) is 14.4 Å². The van der Waals surface area contributed by atoms with E-state index >= 15 is 0 Å². The monoisotopic (exact) mass is 514 g/mol. The molecule has 0 spiro atoms. The Bertz CT molecular complexity index is 1320. The summed E-state index contributed by atoms with van der Waals surface area (Å²) in [6.45, 7) is 0.0835. The molecule has 0 fully saturated rings. The average Bonchev–Trinajstić information content (AvgIpc) is 2.86. The number of Topliss-reactive ketones (excluding diaryl/α,β-unsaturated/α-hetero) is 1. The number of para-hydroxylation sites is 2. The third-order valence-electron chi connectivity index (χ3n) is 4.85. The first-order chi connectivity index (χ1) is 17.5. The Hall–Kier alpha value is -4.67. The summed E-state index contributed by atoms with van der Waals surface area (Å²) in [5.41, 5.74) is -0.510. The summed E-state index contributed by atoms with van der Waals surface area (Å²) in [7, 11) is 0. The van der Waals surface area contributed by atoms with E-state index in [4.69, 9.17) is 9.47 Å². The molecule has 0 aliphatic rings. The van der Waals surface area contributed by atoms with Crippen molar-refractivity contribution < 1.29 is 41.8 Å². The predicted octanol–water partition coefficient (Wildman–Crippen LogP) is 4.72. The lowest BCUT2D eigenvalue weighted by Crippen LogP contribution is -2.23. The van der Waals surface area contributed by atoms with Gasteiger partial charge in [0.05, 0.1) is 11.3 Å². The number of ether oxygens (including phenoxy) is 2. The summed E-state index contributed by atoms with van der Waals surface area (Å²) < 4.78 is 48.9. The lowest BCUT2D eigenvalue weighted by molar-refractivity contribution is -0.137. The molecule has 11 heteroatoms. The van der Waals surface area contributed by atoms with Crippen LogP contribution in [0.15, 0.2) is 72.8 Å². The number of rotatable bonds is 9. The van der Waals surface area contributed by atoms with Gasteiger partial charge in [-0.05, 0) is 49.4 Å². The number of alkyl halides is 3. The number of anilines is 2. The second-order valence-corrected chi connectivity index (χ2v) is 7.64. The molecular weight excluding hydrogens is 493 g/mol. The van der Waals surface area contributed by atoms with Gasteiger partial charge in [0.1, 0.15) is 11.3 Å². The average molecular weight is 514 g/mol. The van der Waals surface area contributed by atoms with Crippen LogP contribution in [0.2, 0.25) is 0 Å². The van der Waals surface area contributed by atoms with Crippen LogP contribution in [0.5, 0.6) is 5.75 Å². The van der Waals surface area contributed by atoms with Gasteiger partial charge in [0.15, 0.2) is 19.0 Å². The minimum Gasteiger partial charge on any atom is -0.483 e. The van der Waals surface area contributed by atoms with E-state index in [0.717, 1.165) is 18.2 Å². The van der Waals surface area contributed by atoms with Gasteiger partial charge in [0.2, 0.25) is 0 Å². The number of esters is 1. The van der Waals surface area contributed by atoms with Crippen molar-refractivity contribution >= 4 is 34.9 Å². The van der Waals surface area contributed by atoms with Gasteiger partial charge in [-0.2, -0.15) is 13.2 Å². The first-order valence-corrected chi connectivity index (χ1v) is 10.8. The molecule has 3 rings (SSSR count). The Labute approximate surface area is 209 Å². The van der Waals surface area contributed by atoms with Crippen molar-refractivity contribution in [3.8, 4) is 5.75 Å². The molecule has 0 radical (unpaired) electrons. The van der Waals surface area contributed by atoms with E-state index in [9.17, 15) is 32.3 Å². The van der Waals surface area contributed by atoms with Crippen LogP contribution in [0.4, 0.5) is 24.5 Å². The number of carbonyl (C=O) groups excluding carboxylic acids is 4. The molecular formula is C26H21F3N2O6. The van der Waals surface area contributed by atoms with Gasteiger partial charge in [0.25, 0.3) is 11.8 Å². The standard InChI is InChI=1S/C26H21F3N2O6/c1-16(32)19-9-2-4-11-21(19)31-24(34)15-37-25(35)20-10-3-5-12-22(20)36-14-23(33)30-18-8-6-7-17(13-18)26(27,28)29/h2-13H,14-15H2,1H3,(H,30,33)(H,31,34). The van der Waals surface area contributed by atoms with Crippen LogP contribution in [-0.2, 0) is 20.5 Å². The minimum atomic E-state index is -4.57. The lowest BCUT2D eigenvalue weighted by atomic mass is 10.1.